The maximum absolute atomic E-state index is 11.4. The minimum absolute atomic E-state index is 0.0825. The van der Waals surface area contributed by atoms with Gasteiger partial charge >= 0.3 is 5.97 Å². The van der Waals surface area contributed by atoms with Gasteiger partial charge in [0.1, 0.15) is 5.69 Å². The number of aryl methyl sites for hydroxylation is 2. The molecule has 2 unspecified atom stereocenters. The van der Waals surface area contributed by atoms with Gasteiger partial charge in [-0.15, -0.1) is 16.4 Å². The van der Waals surface area contributed by atoms with E-state index in [9.17, 15) is 15.0 Å². The van der Waals surface area contributed by atoms with E-state index in [1.54, 1.807) is 4.68 Å². The van der Waals surface area contributed by atoms with Gasteiger partial charge in [-0.2, -0.15) is 0 Å². The van der Waals surface area contributed by atoms with Crippen LogP contribution >= 0.6 is 11.3 Å². The van der Waals surface area contributed by atoms with Crippen molar-refractivity contribution < 1.29 is 15.0 Å². The van der Waals surface area contributed by atoms with Crippen molar-refractivity contribution in [2.75, 3.05) is 0 Å². The Hall–Kier alpha value is -1.80. The summed E-state index contributed by atoms with van der Waals surface area (Å²) in [5.41, 5.74) is 1.13. The van der Waals surface area contributed by atoms with Crippen molar-refractivity contribution in [2.24, 2.45) is 0 Å². The van der Waals surface area contributed by atoms with Crippen LogP contribution in [0.3, 0.4) is 0 Å². The predicted molar refractivity (Wildman–Crippen MR) is 76.5 cm³/mol. The molecular weight excluding hydrogens is 292 g/mol. The number of carboxylic acids is 1. The standard InChI is InChI=1S/C13H16N4O3S/c1-6-12(21-7(2)14-6)11-10(13(19)20)15-16-17(11)8-4-3-5-9(8)18/h8-9,18H,3-5H2,1-2H3,(H,19,20). The molecule has 1 aliphatic rings. The topological polar surface area (TPSA) is 101 Å². The summed E-state index contributed by atoms with van der Waals surface area (Å²) >= 11 is 1.42. The first-order chi connectivity index (χ1) is 9.99. The number of hydrogen-bond acceptors (Lipinski definition) is 6. The number of aromatic carboxylic acids is 1. The molecule has 2 heterocycles. The molecule has 2 aromatic heterocycles. The van der Waals surface area contributed by atoms with Crippen LogP contribution in [0.5, 0.6) is 0 Å². The molecule has 1 aliphatic carbocycles. The van der Waals surface area contributed by atoms with Crippen LogP contribution in [0, 0.1) is 13.8 Å². The fourth-order valence-corrected chi connectivity index (χ4v) is 3.80. The van der Waals surface area contributed by atoms with Crippen molar-refractivity contribution in [1.29, 1.82) is 0 Å². The summed E-state index contributed by atoms with van der Waals surface area (Å²) in [5.74, 6) is -1.12. The number of nitrogens with zero attached hydrogens (tertiary/aromatic N) is 4. The maximum atomic E-state index is 11.4. The van der Waals surface area contributed by atoms with Crippen molar-refractivity contribution in [3.8, 4) is 10.6 Å². The first-order valence-corrected chi connectivity index (χ1v) is 7.61. The van der Waals surface area contributed by atoms with Gasteiger partial charge in [0, 0.05) is 0 Å². The van der Waals surface area contributed by atoms with Crippen molar-refractivity contribution in [3.05, 3.63) is 16.4 Å². The summed E-state index contributed by atoms with van der Waals surface area (Å²) in [4.78, 5) is 16.5. The second-order valence-corrected chi connectivity index (χ2v) is 6.45. The zero-order valence-electron chi connectivity index (χ0n) is 11.8. The van der Waals surface area contributed by atoms with E-state index in [0.717, 1.165) is 28.4 Å². The second-order valence-electron chi connectivity index (χ2n) is 5.25. The quantitative estimate of drug-likeness (QED) is 0.896. The van der Waals surface area contributed by atoms with Gasteiger partial charge in [-0.3, -0.25) is 0 Å². The molecule has 0 spiro atoms. The molecule has 8 heteroatoms. The molecule has 3 rings (SSSR count). The van der Waals surface area contributed by atoms with Gasteiger partial charge < -0.3 is 10.2 Å². The highest BCUT2D eigenvalue weighted by Crippen LogP contribution is 2.37. The highest BCUT2D eigenvalue weighted by Gasteiger charge is 2.33. The van der Waals surface area contributed by atoms with E-state index < -0.39 is 12.1 Å². The molecule has 2 atom stereocenters. The van der Waals surface area contributed by atoms with E-state index in [-0.39, 0.29) is 11.7 Å². The van der Waals surface area contributed by atoms with Gasteiger partial charge in [-0.25, -0.2) is 14.5 Å². The molecule has 2 aromatic rings. The number of aliphatic hydroxyl groups is 1. The first kappa shape index (κ1) is 14.2. The number of aromatic nitrogens is 4. The minimum Gasteiger partial charge on any atom is -0.476 e. The van der Waals surface area contributed by atoms with Crippen LogP contribution in [0.1, 0.15) is 46.5 Å². The smallest absolute Gasteiger partial charge is 0.358 e. The summed E-state index contributed by atoms with van der Waals surface area (Å²) in [5, 5.41) is 28.1. The third-order valence-electron chi connectivity index (χ3n) is 3.77. The van der Waals surface area contributed by atoms with Crippen LogP contribution in [-0.2, 0) is 0 Å². The summed E-state index contributed by atoms with van der Waals surface area (Å²) in [7, 11) is 0. The fraction of sp³-hybridized carbons (Fsp3) is 0.538. The Labute approximate surface area is 125 Å². The molecule has 0 bridgehead atoms. The molecule has 2 N–H and O–H groups in total. The molecule has 21 heavy (non-hydrogen) atoms. The zero-order valence-corrected chi connectivity index (χ0v) is 12.6. The summed E-state index contributed by atoms with van der Waals surface area (Å²) in [6, 6.07) is -0.220. The lowest BCUT2D eigenvalue weighted by atomic mass is 10.2. The third-order valence-corrected chi connectivity index (χ3v) is 4.85. The normalized spacial score (nSPS) is 21.9. The van der Waals surface area contributed by atoms with Crippen LogP contribution in [0.15, 0.2) is 0 Å². The molecule has 0 radical (unpaired) electrons. The average Bonchev–Trinajstić information content (AvgIpc) is 3.07. The molecule has 1 fully saturated rings. The fourth-order valence-electron chi connectivity index (χ4n) is 2.84. The van der Waals surface area contributed by atoms with Crippen LogP contribution in [0.25, 0.3) is 10.6 Å². The van der Waals surface area contributed by atoms with Gasteiger partial charge in [0.15, 0.2) is 5.69 Å². The number of hydrogen-bond donors (Lipinski definition) is 2. The molecule has 1 saturated carbocycles. The van der Waals surface area contributed by atoms with Gasteiger partial charge in [0.05, 0.1) is 27.7 Å². The highest BCUT2D eigenvalue weighted by atomic mass is 32.1. The second kappa shape index (κ2) is 5.19. The Morgan fingerprint density at radius 1 is 1.38 bits per heavy atom. The van der Waals surface area contributed by atoms with Gasteiger partial charge in [-0.1, -0.05) is 5.21 Å². The Balaban J connectivity index is 2.18. The molecule has 0 aromatic carbocycles. The van der Waals surface area contributed by atoms with E-state index in [0.29, 0.717) is 12.1 Å². The number of rotatable bonds is 3. The summed E-state index contributed by atoms with van der Waals surface area (Å²) in [6.07, 6.45) is 1.86. The van der Waals surface area contributed by atoms with E-state index in [4.69, 9.17) is 0 Å². The number of aliphatic hydroxyl groups excluding tert-OH is 1. The van der Waals surface area contributed by atoms with Crippen LogP contribution < -0.4 is 0 Å². The van der Waals surface area contributed by atoms with Crippen LogP contribution in [-0.4, -0.2) is 42.3 Å². The lowest BCUT2D eigenvalue weighted by Gasteiger charge is -2.16. The monoisotopic (exact) mass is 308 g/mol. The molecule has 0 amide bonds. The zero-order chi connectivity index (χ0) is 15.1. The van der Waals surface area contributed by atoms with Gasteiger partial charge in [0.2, 0.25) is 0 Å². The van der Waals surface area contributed by atoms with Crippen LogP contribution in [0.2, 0.25) is 0 Å². The summed E-state index contributed by atoms with van der Waals surface area (Å²) in [6.45, 7) is 3.72. The lowest BCUT2D eigenvalue weighted by molar-refractivity contribution is 0.0691. The molecule has 0 saturated heterocycles. The minimum atomic E-state index is -1.12. The van der Waals surface area contributed by atoms with Crippen molar-refractivity contribution in [1.82, 2.24) is 20.0 Å². The first-order valence-electron chi connectivity index (χ1n) is 6.80. The molecule has 7 nitrogen and oxygen atoms in total. The maximum Gasteiger partial charge on any atom is 0.358 e. The Kier molecular flexibility index (Phi) is 3.50. The van der Waals surface area contributed by atoms with Gasteiger partial charge in [0.25, 0.3) is 0 Å². The Morgan fingerprint density at radius 2 is 2.14 bits per heavy atom. The largest absolute Gasteiger partial charge is 0.476 e. The predicted octanol–water partition coefficient (Wildman–Crippen LogP) is 1.80. The average molecular weight is 308 g/mol. The van der Waals surface area contributed by atoms with E-state index in [1.807, 2.05) is 13.8 Å². The Bertz CT molecular complexity index is 694. The van der Waals surface area contributed by atoms with E-state index in [2.05, 4.69) is 15.3 Å². The van der Waals surface area contributed by atoms with E-state index in [1.165, 1.54) is 11.3 Å². The Morgan fingerprint density at radius 3 is 2.67 bits per heavy atom. The lowest BCUT2D eigenvalue weighted by Crippen LogP contribution is -2.20. The number of carbonyl (C=O) groups is 1. The van der Waals surface area contributed by atoms with Crippen molar-refractivity contribution >= 4 is 17.3 Å². The summed E-state index contributed by atoms with van der Waals surface area (Å²) < 4.78 is 1.57. The highest BCUT2D eigenvalue weighted by molar-refractivity contribution is 7.15. The molecular formula is C13H16N4O3S. The van der Waals surface area contributed by atoms with Crippen LogP contribution in [0.4, 0.5) is 0 Å². The number of carboxylic acid groups (broad SMARTS) is 1. The SMILES string of the molecule is Cc1nc(C)c(-c2c(C(=O)O)nnn2C2CCCC2O)s1. The number of thiazole rings is 1. The molecule has 112 valence electrons. The van der Waals surface area contributed by atoms with Crippen molar-refractivity contribution in [2.45, 2.75) is 45.3 Å². The van der Waals surface area contributed by atoms with E-state index >= 15 is 0 Å². The molecule has 0 aliphatic heterocycles. The van der Waals surface area contributed by atoms with Crippen molar-refractivity contribution in [3.63, 3.8) is 0 Å². The third kappa shape index (κ3) is 2.34. The van der Waals surface area contributed by atoms with Gasteiger partial charge in [-0.05, 0) is 33.1 Å².